The number of carbonyl (C=O) groups is 1. The van der Waals surface area contributed by atoms with E-state index in [1.807, 2.05) is 6.08 Å². The van der Waals surface area contributed by atoms with Crippen LogP contribution in [0, 0.1) is 23.7 Å². The zero-order valence-electron chi connectivity index (χ0n) is 13.9. The molecule has 0 spiro atoms. The average Bonchev–Trinajstić information content (AvgIpc) is 3.12. The topological polar surface area (TPSA) is 99.4 Å². The molecular formula is C18H27NO5. The van der Waals surface area contributed by atoms with Crippen molar-refractivity contribution in [3.8, 4) is 0 Å². The molecule has 0 amide bonds. The van der Waals surface area contributed by atoms with Crippen molar-refractivity contribution in [1.82, 2.24) is 0 Å². The molecule has 24 heavy (non-hydrogen) atoms. The van der Waals surface area contributed by atoms with Gasteiger partial charge in [0.1, 0.15) is 6.61 Å². The zero-order valence-corrected chi connectivity index (χ0v) is 13.9. The SMILES string of the molecule is O=C(O)CCON=C1C[C@H]2C(O)[C@@H](C(O)=CCC3CCCC3)C[C@H]12. The number of nitrogens with zero attached hydrogens (tertiary/aromatic N) is 1. The Morgan fingerprint density at radius 3 is 2.75 bits per heavy atom. The van der Waals surface area contributed by atoms with Crippen molar-refractivity contribution in [3.63, 3.8) is 0 Å². The van der Waals surface area contributed by atoms with Gasteiger partial charge >= 0.3 is 5.97 Å². The second-order valence-electron chi connectivity index (χ2n) is 7.38. The van der Waals surface area contributed by atoms with Crippen LogP contribution in [0.5, 0.6) is 0 Å². The summed E-state index contributed by atoms with van der Waals surface area (Å²) in [6.45, 7) is 0.0642. The molecule has 3 rings (SSSR count). The van der Waals surface area contributed by atoms with Gasteiger partial charge in [0.2, 0.25) is 0 Å². The van der Waals surface area contributed by atoms with Gasteiger partial charge in [-0.1, -0.05) is 30.8 Å². The summed E-state index contributed by atoms with van der Waals surface area (Å²) >= 11 is 0. The molecule has 4 atom stereocenters. The molecule has 1 unspecified atom stereocenters. The first-order valence-electron chi connectivity index (χ1n) is 9.04. The van der Waals surface area contributed by atoms with Gasteiger partial charge in [0.05, 0.1) is 24.0 Å². The van der Waals surface area contributed by atoms with E-state index in [2.05, 4.69) is 5.16 Å². The van der Waals surface area contributed by atoms with Gasteiger partial charge in [-0.3, -0.25) is 4.79 Å². The van der Waals surface area contributed by atoms with Gasteiger partial charge in [-0.05, 0) is 37.2 Å². The monoisotopic (exact) mass is 337 g/mol. The Kier molecular flexibility index (Phi) is 5.43. The van der Waals surface area contributed by atoms with E-state index in [0.29, 0.717) is 24.5 Å². The van der Waals surface area contributed by atoms with Crippen LogP contribution in [0.3, 0.4) is 0 Å². The molecule has 0 saturated heterocycles. The molecule has 0 aliphatic heterocycles. The number of aliphatic carboxylic acids is 1. The Labute approximate surface area is 142 Å². The quantitative estimate of drug-likeness (QED) is 0.377. The highest BCUT2D eigenvalue weighted by Crippen LogP contribution is 2.50. The Balaban J connectivity index is 1.50. The lowest BCUT2D eigenvalue weighted by Crippen LogP contribution is -2.38. The number of hydrogen-bond donors (Lipinski definition) is 3. The minimum absolute atomic E-state index is 0.0642. The summed E-state index contributed by atoms with van der Waals surface area (Å²) in [6.07, 6.45) is 8.66. The number of oxime groups is 1. The van der Waals surface area contributed by atoms with E-state index >= 15 is 0 Å². The standard InChI is InChI=1S/C18H27NO5/c20-16(6-5-11-3-1-2-4-11)14-9-12-13(18(14)23)10-15(12)19-24-8-7-17(21)22/h6,11-14,18,20,23H,1-5,7-10H2,(H,21,22)/t12-,13+,14+,18?/m0/s1. The second-order valence-corrected chi connectivity index (χ2v) is 7.38. The zero-order chi connectivity index (χ0) is 17.1. The van der Waals surface area contributed by atoms with Crippen LogP contribution in [0.1, 0.15) is 51.4 Å². The number of carboxylic acid groups (broad SMARTS) is 1. The maximum atomic E-state index is 10.4. The van der Waals surface area contributed by atoms with Crippen molar-refractivity contribution in [3.05, 3.63) is 11.8 Å². The molecule has 0 radical (unpaired) electrons. The largest absolute Gasteiger partial charge is 0.512 e. The van der Waals surface area contributed by atoms with Crippen LogP contribution in [-0.4, -0.2) is 39.7 Å². The number of rotatable bonds is 7. The number of allylic oxidation sites excluding steroid dienone is 1. The highest BCUT2D eigenvalue weighted by atomic mass is 16.6. The van der Waals surface area contributed by atoms with E-state index in [9.17, 15) is 15.0 Å². The second kappa shape index (κ2) is 7.55. The lowest BCUT2D eigenvalue weighted by atomic mass is 9.73. The first kappa shape index (κ1) is 17.3. The summed E-state index contributed by atoms with van der Waals surface area (Å²) in [7, 11) is 0. The molecule has 3 aliphatic rings. The van der Waals surface area contributed by atoms with E-state index in [1.54, 1.807) is 0 Å². The molecule has 0 aromatic heterocycles. The maximum Gasteiger partial charge on any atom is 0.306 e. The van der Waals surface area contributed by atoms with Crippen LogP contribution >= 0.6 is 0 Å². The van der Waals surface area contributed by atoms with Crippen molar-refractivity contribution in [2.24, 2.45) is 28.8 Å². The van der Waals surface area contributed by atoms with Gasteiger partial charge in [0, 0.05) is 11.8 Å². The van der Waals surface area contributed by atoms with E-state index in [1.165, 1.54) is 25.7 Å². The summed E-state index contributed by atoms with van der Waals surface area (Å²) in [5.74, 6) is 0.191. The summed E-state index contributed by atoms with van der Waals surface area (Å²) in [4.78, 5) is 15.5. The third kappa shape index (κ3) is 3.74. The molecule has 0 aromatic rings. The van der Waals surface area contributed by atoms with Crippen LogP contribution < -0.4 is 0 Å². The number of hydrogen-bond acceptors (Lipinski definition) is 5. The average molecular weight is 337 g/mol. The Bertz CT molecular complexity index is 524. The third-order valence-corrected chi connectivity index (χ3v) is 5.85. The Morgan fingerprint density at radius 1 is 1.29 bits per heavy atom. The number of aliphatic hydroxyl groups is 2. The van der Waals surface area contributed by atoms with Gasteiger partial charge in [0.15, 0.2) is 0 Å². The fourth-order valence-electron chi connectivity index (χ4n) is 4.35. The minimum Gasteiger partial charge on any atom is -0.512 e. The summed E-state index contributed by atoms with van der Waals surface area (Å²) in [5, 5.41) is 33.4. The van der Waals surface area contributed by atoms with E-state index in [4.69, 9.17) is 9.94 Å². The van der Waals surface area contributed by atoms with Gasteiger partial charge in [-0.2, -0.15) is 0 Å². The molecule has 6 heteroatoms. The van der Waals surface area contributed by atoms with Crippen LogP contribution in [-0.2, 0) is 9.63 Å². The van der Waals surface area contributed by atoms with Crippen molar-refractivity contribution >= 4 is 11.7 Å². The first-order chi connectivity index (χ1) is 11.6. The molecule has 134 valence electrons. The van der Waals surface area contributed by atoms with Gasteiger partial charge in [-0.25, -0.2) is 0 Å². The van der Waals surface area contributed by atoms with Crippen LogP contribution in [0.15, 0.2) is 17.0 Å². The van der Waals surface area contributed by atoms with E-state index in [-0.39, 0.29) is 30.8 Å². The normalized spacial score (nSPS) is 35.0. The summed E-state index contributed by atoms with van der Waals surface area (Å²) in [6, 6.07) is 0. The van der Waals surface area contributed by atoms with Crippen molar-refractivity contribution in [2.75, 3.05) is 6.61 Å². The van der Waals surface area contributed by atoms with Crippen LogP contribution in [0.25, 0.3) is 0 Å². The van der Waals surface area contributed by atoms with E-state index < -0.39 is 12.1 Å². The van der Waals surface area contributed by atoms with E-state index in [0.717, 1.165) is 12.1 Å². The van der Waals surface area contributed by atoms with Crippen LogP contribution in [0.2, 0.25) is 0 Å². The lowest BCUT2D eigenvalue weighted by Gasteiger charge is -2.33. The van der Waals surface area contributed by atoms with Crippen molar-refractivity contribution in [1.29, 1.82) is 0 Å². The number of fused-ring (bicyclic) bond motifs is 1. The first-order valence-corrected chi connectivity index (χ1v) is 9.04. The molecule has 6 nitrogen and oxygen atoms in total. The van der Waals surface area contributed by atoms with Crippen molar-refractivity contribution in [2.45, 2.75) is 57.5 Å². The predicted octanol–water partition coefficient (Wildman–Crippen LogP) is 2.87. The smallest absolute Gasteiger partial charge is 0.306 e. The van der Waals surface area contributed by atoms with Gasteiger partial charge < -0.3 is 20.2 Å². The number of aliphatic hydroxyl groups excluding tert-OH is 2. The fourth-order valence-corrected chi connectivity index (χ4v) is 4.35. The molecule has 0 aromatic carbocycles. The van der Waals surface area contributed by atoms with Crippen molar-refractivity contribution < 1.29 is 25.0 Å². The predicted molar refractivity (Wildman–Crippen MR) is 88.6 cm³/mol. The maximum absolute atomic E-state index is 10.4. The minimum atomic E-state index is -0.907. The molecule has 3 fully saturated rings. The molecule has 0 heterocycles. The van der Waals surface area contributed by atoms with Gasteiger partial charge in [0.25, 0.3) is 0 Å². The lowest BCUT2D eigenvalue weighted by molar-refractivity contribution is -0.138. The third-order valence-electron chi connectivity index (χ3n) is 5.85. The van der Waals surface area contributed by atoms with Crippen LogP contribution in [0.4, 0.5) is 0 Å². The molecule has 3 aliphatic carbocycles. The Morgan fingerprint density at radius 2 is 2.04 bits per heavy atom. The molecular weight excluding hydrogens is 310 g/mol. The summed E-state index contributed by atoms with van der Waals surface area (Å²) < 4.78 is 0. The number of carboxylic acids is 1. The Hall–Kier alpha value is -1.56. The molecule has 3 N–H and O–H groups in total. The highest BCUT2D eigenvalue weighted by molar-refractivity contribution is 5.93. The molecule has 3 saturated carbocycles. The molecule has 0 bridgehead atoms. The summed E-state index contributed by atoms with van der Waals surface area (Å²) in [5.41, 5.74) is 0.885. The fraction of sp³-hybridized carbons (Fsp3) is 0.778. The van der Waals surface area contributed by atoms with Gasteiger partial charge in [-0.15, -0.1) is 0 Å². The highest BCUT2D eigenvalue weighted by Gasteiger charge is 2.53.